The molecule has 3 aromatic rings. The number of nitrogens with zero attached hydrogens (tertiary/aromatic N) is 5. The van der Waals surface area contributed by atoms with E-state index in [4.69, 9.17) is 15.1 Å². The van der Waals surface area contributed by atoms with Gasteiger partial charge in [0, 0.05) is 56.6 Å². The van der Waals surface area contributed by atoms with Crippen molar-refractivity contribution in [3.63, 3.8) is 0 Å². The molecule has 1 saturated heterocycles. The average molecular weight is 472 g/mol. The van der Waals surface area contributed by atoms with Gasteiger partial charge in [-0.05, 0) is 17.7 Å². The molecule has 2 aliphatic rings. The first-order valence-corrected chi connectivity index (χ1v) is 10.8. The highest BCUT2D eigenvalue weighted by Crippen LogP contribution is 2.33. The molecule has 1 fully saturated rings. The van der Waals surface area contributed by atoms with Gasteiger partial charge in [-0.2, -0.15) is 18.2 Å². The molecule has 0 amide bonds. The zero-order chi connectivity index (χ0) is 23.7. The average Bonchev–Trinajstić information content (AvgIpc) is 3.24. The number of hydrogen-bond acceptors (Lipinski definition) is 8. The molecule has 5 rings (SSSR count). The molecule has 9 nitrogen and oxygen atoms in total. The van der Waals surface area contributed by atoms with E-state index in [9.17, 15) is 13.2 Å². The molecule has 34 heavy (non-hydrogen) atoms. The van der Waals surface area contributed by atoms with E-state index in [1.807, 2.05) is 12.3 Å². The summed E-state index contributed by atoms with van der Waals surface area (Å²) in [7, 11) is 0. The van der Waals surface area contributed by atoms with Crippen molar-refractivity contribution in [2.45, 2.75) is 25.3 Å². The minimum Gasteiger partial charge on any atom is -0.386 e. The third kappa shape index (κ3) is 4.40. The third-order valence-corrected chi connectivity index (χ3v) is 5.84. The summed E-state index contributed by atoms with van der Waals surface area (Å²) in [6, 6.07) is 4.53. The molecule has 0 saturated carbocycles. The summed E-state index contributed by atoms with van der Waals surface area (Å²) in [6.07, 6.45) is 1.57. The van der Waals surface area contributed by atoms with Gasteiger partial charge in [0.25, 0.3) is 0 Å². The molecule has 0 aromatic carbocycles. The van der Waals surface area contributed by atoms with Crippen LogP contribution in [0.2, 0.25) is 0 Å². The van der Waals surface area contributed by atoms with Gasteiger partial charge in [0.15, 0.2) is 5.82 Å². The van der Waals surface area contributed by atoms with Crippen LogP contribution in [-0.4, -0.2) is 58.1 Å². The predicted octanol–water partition coefficient (Wildman–Crippen LogP) is 2.80. The molecule has 2 aliphatic heterocycles. The van der Waals surface area contributed by atoms with Crippen molar-refractivity contribution >= 4 is 29.0 Å². The lowest BCUT2D eigenvalue weighted by molar-refractivity contribution is -0.141. The summed E-state index contributed by atoms with van der Waals surface area (Å²) in [5.41, 5.74) is 2.16. The number of fused-ring (bicyclic) bond motifs is 2. The molecular weight excluding hydrogens is 449 g/mol. The highest BCUT2D eigenvalue weighted by Gasteiger charge is 2.33. The van der Waals surface area contributed by atoms with Crippen LogP contribution < -0.4 is 15.5 Å². The predicted molar refractivity (Wildman–Crippen MR) is 121 cm³/mol. The van der Waals surface area contributed by atoms with E-state index in [0.29, 0.717) is 36.8 Å². The number of morpholine rings is 1. The van der Waals surface area contributed by atoms with Crippen molar-refractivity contribution in [3.8, 4) is 0 Å². The Morgan fingerprint density at radius 3 is 2.91 bits per heavy atom. The van der Waals surface area contributed by atoms with Gasteiger partial charge in [-0.3, -0.25) is 4.98 Å². The molecule has 0 spiro atoms. The summed E-state index contributed by atoms with van der Waals surface area (Å²) >= 11 is 0. The maximum absolute atomic E-state index is 12.6. The van der Waals surface area contributed by atoms with Gasteiger partial charge in [0.2, 0.25) is 5.95 Å². The van der Waals surface area contributed by atoms with Crippen LogP contribution in [0.15, 0.2) is 42.4 Å². The Bertz CT molecular complexity index is 1220. The number of ether oxygens (including phenoxy) is 1. The fourth-order valence-electron chi connectivity index (χ4n) is 4.15. The molecule has 0 unspecified atom stereocenters. The SMILES string of the molecule is N=C/C(=C\NCc1ccc(C(F)(F)F)nc1)CNc1nc2c3c(ccn3C[C@@H]3COCCN23)n1. The van der Waals surface area contributed by atoms with Crippen molar-refractivity contribution in [3.05, 3.63) is 53.6 Å². The van der Waals surface area contributed by atoms with Crippen LogP contribution in [0.4, 0.5) is 24.9 Å². The Kier molecular flexibility index (Phi) is 5.82. The number of aromatic nitrogens is 4. The lowest BCUT2D eigenvalue weighted by Gasteiger charge is -2.40. The van der Waals surface area contributed by atoms with Crippen LogP contribution >= 0.6 is 0 Å². The van der Waals surface area contributed by atoms with Gasteiger partial charge in [-0.15, -0.1) is 0 Å². The van der Waals surface area contributed by atoms with Gasteiger partial charge in [-0.1, -0.05) is 6.07 Å². The quantitative estimate of drug-likeness (QED) is 0.455. The molecule has 0 radical (unpaired) electrons. The molecule has 178 valence electrons. The van der Waals surface area contributed by atoms with Crippen molar-refractivity contribution in [1.29, 1.82) is 5.41 Å². The Morgan fingerprint density at radius 1 is 1.26 bits per heavy atom. The summed E-state index contributed by atoms with van der Waals surface area (Å²) < 4.78 is 45.7. The molecule has 12 heteroatoms. The highest BCUT2D eigenvalue weighted by atomic mass is 19.4. The Hall–Kier alpha value is -3.67. The number of anilines is 2. The largest absolute Gasteiger partial charge is 0.433 e. The van der Waals surface area contributed by atoms with Crippen LogP contribution in [0.1, 0.15) is 11.3 Å². The normalized spacial score (nSPS) is 18.0. The standard InChI is InChI=1S/C22H23F3N8O/c23-22(24,25)18-2-1-14(10-28-18)8-27-9-15(7-26)11-29-21-30-17-3-4-32-12-16-13-34-6-5-33(16)20(31-21)19(17)32/h1-4,7,9-10,16,26-27H,5-6,8,11-13H2,(H,29,30,31)/b15-9+,26-7?/t16-/m1/s1. The lowest BCUT2D eigenvalue weighted by atomic mass is 10.1. The van der Waals surface area contributed by atoms with Gasteiger partial charge >= 0.3 is 6.18 Å². The Balaban J connectivity index is 1.25. The summed E-state index contributed by atoms with van der Waals surface area (Å²) in [5, 5.41) is 13.9. The monoisotopic (exact) mass is 472 g/mol. The summed E-state index contributed by atoms with van der Waals surface area (Å²) in [4.78, 5) is 15.1. The Morgan fingerprint density at radius 2 is 2.15 bits per heavy atom. The number of nitrogens with one attached hydrogen (secondary N) is 3. The second-order valence-corrected chi connectivity index (χ2v) is 8.14. The van der Waals surface area contributed by atoms with Crippen molar-refractivity contribution in [1.82, 2.24) is 24.8 Å². The zero-order valence-electron chi connectivity index (χ0n) is 18.1. The first-order chi connectivity index (χ1) is 16.4. The second-order valence-electron chi connectivity index (χ2n) is 8.14. The number of rotatable bonds is 7. The molecule has 3 N–H and O–H groups in total. The van der Waals surface area contributed by atoms with E-state index in [1.54, 1.807) is 6.20 Å². The Labute approximate surface area is 193 Å². The van der Waals surface area contributed by atoms with E-state index < -0.39 is 11.9 Å². The van der Waals surface area contributed by atoms with Crippen molar-refractivity contribution in [2.75, 3.05) is 36.5 Å². The van der Waals surface area contributed by atoms with Crippen LogP contribution in [0, 0.1) is 5.41 Å². The molecule has 0 aliphatic carbocycles. The number of alkyl halides is 3. The van der Waals surface area contributed by atoms with Crippen molar-refractivity contribution in [2.24, 2.45) is 0 Å². The van der Waals surface area contributed by atoms with Gasteiger partial charge in [0.1, 0.15) is 11.2 Å². The topological polar surface area (TPSA) is 104 Å². The number of halogens is 3. The van der Waals surface area contributed by atoms with E-state index in [1.165, 1.54) is 18.5 Å². The summed E-state index contributed by atoms with van der Waals surface area (Å²) in [6.45, 7) is 3.52. The fraction of sp³-hybridized carbons (Fsp3) is 0.364. The van der Waals surface area contributed by atoms with Gasteiger partial charge < -0.3 is 30.2 Å². The van der Waals surface area contributed by atoms with Gasteiger partial charge in [0.05, 0.1) is 24.8 Å². The molecule has 1 atom stereocenters. The van der Waals surface area contributed by atoms with E-state index in [0.717, 1.165) is 36.0 Å². The van der Waals surface area contributed by atoms with Crippen LogP contribution in [-0.2, 0) is 24.0 Å². The summed E-state index contributed by atoms with van der Waals surface area (Å²) in [5.74, 6) is 1.34. The minimum absolute atomic E-state index is 0.237. The van der Waals surface area contributed by atoms with Gasteiger partial charge in [-0.25, -0.2) is 4.98 Å². The third-order valence-electron chi connectivity index (χ3n) is 5.84. The lowest BCUT2D eigenvalue weighted by Crippen LogP contribution is -2.50. The fourth-order valence-corrected chi connectivity index (χ4v) is 4.15. The maximum atomic E-state index is 12.6. The minimum atomic E-state index is -4.46. The maximum Gasteiger partial charge on any atom is 0.433 e. The first-order valence-electron chi connectivity index (χ1n) is 10.8. The molecular formula is C22H23F3N8O. The van der Waals surface area contributed by atoms with Crippen LogP contribution in [0.3, 0.4) is 0 Å². The molecule has 3 aromatic heterocycles. The van der Waals surface area contributed by atoms with E-state index in [2.05, 4.69) is 30.1 Å². The van der Waals surface area contributed by atoms with E-state index >= 15 is 0 Å². The second kappa shape index (κ2) is 8.93. The van der Waals surface area contributed by atoms with Crippen LogP contribution in [0.5, 0.6) is 0 Å². The van der Waals surface area contributed by atoms with Crippen molar-refractivity contribution < 1.29 is 17.9 Å². The number of pyridine rings is 1. The molecule has 0 bridgehead atoms. The van der Waals surface area contributed by atoms with Crippen LogP contribution in [0.25, 0.3) is 11.0 Å². The number of hydrogen-bond donors (Lipinski definition) is 3. The molecule has 5 heterocycles. The first kappa shape index (κ1) is 22.1. The van der Waals surface area contributed by atoms with E-state index in [-0.39, 0.29) is 12.6 Å². The smallest absolute Gasteiger partial charge is 0.386 e. The highest BCUT2D eigenvalue weighted by molar-refractivity contribution is 5.89. The zero-order valence-corrected chi connectivity index (χ0v) is 18.1.